The van der Waals surface area contributed by atoms with Crippen LogP contribution < -0.4 is 5.32 Å². The van der Waals surface area contributed by atoms with Crippen molar-refractivity contribution in [3.63, 3.8) is 0 Å². The van der Waals surface area contributed by atoms with Crippen LogP contribution in [-0.4, -0.2) is 30.6 Å². The van der Waals surface area contributed by atoms with Gasteiger partial charge >= 0.3 is 0 Å². The van der Waals surface area contributed by atoms with Gasteiger partial charge < -0.3 is 9.32 Å². The van der Waals surface area contributed by atoms with E-state index in [0.29, 0.717) is 6.04 Å². The third kappa shape index (κ3) is 3.74. The van der Waals surface area contributed by atoms with Crippen molar-refractivity contribution >= 4 is 0 Å². The molecule has 1 fully saturated rings. The van der Waals surface area contributed by atoms with Gasteiger partial charge in [0.2, 0.25) is 0 Å². The highest BCUT2D eigenvalue weighted by Gasteiger charge is 2.21. The summed E-state index contributed by atoms with van der Waals surface area (Å²) >= 11 is 0. The van der Waals surface area contributed by atoms with Crippen LogP contribution in [0, 0.1) is 0 Å². The summed E-state index contributed by atoms with van der Waals surface area (Å²) in [5, 5.41) is 3.73. The zero-order valence-corrected chi connectivity index (χ0v) is 12.7. The molecule has 0 aliphatic carbocycles. The highest BCUT2D eigenvalue weighted by molar-refractivity contribution is 5.26. The number of nitrogens with zero attached hydrogens (tertiary/aromatic N) is 1. The topological polar surface area (TPSA) is 28.4 Å². The van der Waals surface area contributed by atoms with Crippen LogP contribution in [0.5, 0.6) is 0 Å². The molecule has 1 aliphatic heterocycles. The van der Waals surface area contributed by atoms with Crippen LogP contribution in [-0.2, 0) is 0 Å². The van der Waals surface area contributed by atoms with Crippen molar-refractivity contribution in [1.29, 1.82) is 0 Å². The van der Waals surface area contributed by atoms with E-state index >= 15 is 0 Å². The van der Waals surface area contributed by atoms with Crippen molar-refractivity contribution in [2.24, 2.45) is 0 Å². The monoisotopic (exact) mass is 284 g/mol. The van der Waals surface area contributed by atoms with Crippen LogP contribution in [0.15, 0.2) is 53.1 Å². The number of benzene rings is 1. The molecule has 3 nitrogen and oxygen atoms in total. The second-order valence-electron chi connectivity index (χ2n) is 5.93. The standard InChI is InChI=1S/C18H24N2O/c1-15(14-20-11-5-6-12-20)19-18(17-10-7-13-21-17)16-8-3-2-4-9-16/h2-4,7-10,13,15,18-19H,5-6,11-12,14H2,1H3. The largest absolute Gasteiger partial charge is 0.467 e. The molecule has 2 heterocycles. The molecule has 21 heavy (non-hydrogen) atoms. The van der Waals surface area contributed by atoms with Crippen molar-refractivity contribution < 1.29 is 4.42 Å². The lowest BCUT2D eigenvalue weighted by atomic mass is 10.0. The fourth-order valence-corrected chi connectivity index (χ4v) is 3.13. The third-order valence-electron chi connectivity index (χ3n) is 4.14. The Hall–Kier alpha value is -1.58. The highest BCUT2D eigenvalue weighted by Crippen LogP contribution is 2.23. The summed E-state index contributed by atoms with van der Waals surface area (Å²) in [5.41, 5.74) is 1.25. The van der Waals surface area contributed by atoms with Crippen molar-refractivity contribution in [2.75, 3.05) is 19.6 Å². The number of hydrogen-bond donors (Lipinski definition) is 1. The molecule has 0 amide bonds. The minimum Gasteiger partial charge on any atom is -0.467 e. The van der Waals surface area contributed by atoms with Gasteiger partial charge in [-0.05, 0) is 50.6 Å². The summed E-state index contributed by atoms with van der Waals surface area (Å²) in [4.78, 5) is 2.54. The fourth-order valence-electron chi connectivity index (χ4n) is 3.13. The maximum absolute atomic E-state index is 5.64. The van der Waals surface area contributed by atoms with Crippen molar-refractivity contribution in [3.05, 3.63) is 60.1 Å². The Morgan fingerprint density at radius 3 is 2.52 bits per heavy atom. The highest BCUT2D eigenvalue weighted by atomic mass is 16.3. The predicted octanol–water partition coefficient (Wildman–Crippen LogP) is 3.44. The molecule has 3 heteroatoms. The lowest BCUT2D eigenvalue weighted by Gasteiger charge is -2.26. The quantitative estimate of drug-likeness (QED) is 0.881. The molecule has 1 aromatic heterocycles. The summed E-state index contributed by atoms with van der Waals surface area (Å²) in [7, 11) is 0. The average Bonchev–Trinajstić information content (AvgIpc) is 3.19. The van der Waals surface area contributed by atoms with Crippen LogP contribution in [0.1, 0.15) is 37.1 Å². The minimum absolute atomic E-state index is 0.124. The van der Waals surface area contributed by atoms with Gasteiger partial charge in [-0.3, -0.25) is 5.32 Å². The van der Waals surface area contributed by atoms with Gasteiger partial charge in [0, 0.05) is 12.6 Å². The molecule has 112 valence electrons. The molecule has 3 rings (SSSR count). The Morgan fingerprint density at radius 2 is 1.86 bits per heavy atom. The molecule has 2 atom stereocenters. The van der Waals surface area contributed by atoms with Gasteiger partial charge in [0.25, 0.3) is 0 Å². The van der Waals surface area contributed by atoms with Crippen LogP contribution in [0.2, 0.25) is 0 Å². The van der Waals surface area contributed by atoms with Gasteiger partial charge in [-0.15, -0.1) is 0 Å². The number of furan rings is 1. The normalized spacial score (nSPS) is 18.7. The zero-order chi connectivity index (χ0) is 14.5. The molecule has 0 radical (unpaired) electrons. The van der Waals surface area contributed by atoms with E-state index in [-0.39, 0.29) is 6.04 Å². The summed E-state index contributed by atoms with van der Waals surface area (Å²) in [5.74, 6) is 0.981. The second-order valence-corrected chi connectivity index (χ2v) is 5.93. The van der Waals surface area contributed by atoms with Gasteiger partial charge in [-0.1, -0.05) is 30.3 Å². The lowest BCUT2D eigenvalue weighted by Crippen LogP contribution is -2.40. The molecule has 0 bridgehead atoms. The second kappa shape index (κ2) is 6.92. The van der Waals surface area contributed by atoms with Gasteiger partial charge in [-0.25, -0.2) is 0 Å². The Bertz CT molecular complexity index is 517. The maximum Gasteiger partial charge on any atom is 0.125 e. The average molecular weight is 284 g/mol. The SMILES string of the molecule is CC(CN1CCCC1)NC(c1ccccc1)c1ccco1. The van der Waals surface area contributed by atoms with E-state index in [2.05, 4.69) is 47.5 Å². The summed E-state index contributed by atoms with van der Waals surface area (Å²) in [6, 6.07) is 15.1. The molecular formula is C18H24N2O. The number of nitrogens with one attached hydrogen (secondary N) is 1. The number of likely N-dealkylation sites (tertiary alicyclic amines) is 1. The van der Waals surface area contributed by atoms with Gasteiger partial charge in [-0.2, -0.15) is 0 Å². The van der Waals surface area contributed by atoms with E-state index in [4.69, 9.17) is 4.42 Å². The van der Waals surface area contributed by atoms with Crippen molar-refractivity contribution in [1.82, 2.24) is 10.2 Å². The Kier molecular flexibility index (Phi) is 4.73. The lowest BCUT2D eigenvalue weighted by molar-refractivity contribution is 0.285. The smallest absolute Gasteiger partial charge is 0.125 e. The van der Waals surface area contributed by atoms with Crippen molar-refractivity contribution in [3.8, 4) is 0 Å². The first-order valence-electron chi connectivity index (χ1n) is 7.89. The molecule has 2 aromatic rings. The fraction of sp³-hybridized carbons (Fsp3) is 0.444. The third-order valence-corrected chi connectivity index (χ3v) is 4.14. The van der Waals surface area contributed by atoms with E-state index in [1.807, 2.05) is 12.1 Å². The molecule has 1 saturated heterocycles. The predicted molar refractivity (Wildman–Crippen MR) is 85.3 cm³/mol. The van der Waals surface area contributed by atoms with E-state index < -0.39 is 0 Å². The molecule has 1 N–H and O–H groups in total. The Labute approximate surface area is 127 Å². The molecule has 0 spiro atoms. The molecule has 2 unspecified atom stereocenters. The first-order chi connectivity index (χ1) is 10.3. The van der Waals surface area contributed by atoms with E-state index in [1.54, 1.807) is 6.26 Å². The van der Waals surface area contributed by atoms with E-state index in [9.17, 15) is 0 Å². The van der Waals surface area contributed by atoms with Gasteiger partial charge in [0.1, 0.15) is 5.76 Å². The first-order valence-corrected chi connectivity index (χ1v) is 7.89. The first kappa shape index (κ1) is 14.4. The van der Waals surface area contributed by atoms with Crippen LogP contribution in [0.25, 0.3) is 0 Å². The number of rotatable bonds is 6. The Balaban J connectivity index is 1.70. The van der Waals surface area contributed by atoms with Crippen LogP contribution >= 0.6 is 0 Å². The Morgan fingerprint density at radius 1 is 1.10 bits per heavy atom. The molecule has 0 saturated carbocycles. The van der Waals surface area contributed by atoms with E-state index in [1.165, 1.54) is 31.5 Å². The molecule has 1 aliphatic rings. The maximum atomic E-state index is 5.64. The molecule has 1 aromatic carbocycles. The van der Waals surface area contributed by atoms with Gasteiger partial charge in [0.05, 0.1) is 12.3 Å². The number of hydrogen-bond acceptors (Lipinski definition) is 3. The van der Waals surface area contributed by atoms with Crippen molar-refractivity contribution in [2.45, 2.75) is 31.8 Å². The molecular weight excluding hydrogens is 260 g/mol. The minimum atomic E-state index is 0.124. The summed E-state index contributed by atoms with van der Waals surface area (Å²) in [6.07, 6.45) is 4.43. The van der Waals surface area contributed by atoms with Gasteiger partial charge in [0.15, 0.2) is 0 Å². The summed E-state index contributed by atoms with van der Waals surface area (Å²) < 4.78 is 5.64. The van der Waals surface area contributed by atoms with E-state index in [0.717, 1.165) is 12.3 Å². The summed E-state index contributed by atoms with van der Waals surface area (Å²) in [6.45, 7) is 5.84. The van der Waals surface area contributed by atoms with Crippen LogP contribution in [0.3, 0.4) is 0 Å². The zero-order valence-electron chi connectivity index (χ0n) is 12.7. The van der Waals surface area contributed by atoms with Crippen LogP contribution in [0.4, 0.5) is 0 Å².